The van der Waals surface area contributed by atoms with Crippen molar-refractivity contribution in [1.29, 1.82) is 0 Å². The van der Waals surface area contributed by atoms with Gasteiger partial charge in [-0.3, -0.25) is 14.5 Å². The van der Waals surface area contributed by atoms with Gasteiger partial charge in [0.1, 0.15) is 0 Å². The van der Waals surface area contributed by atoms with E-state index in [-0.39, 0.29) is 18.4 Å². The fourth-order valence-electron chi connectivity index (χ4n) is 4.13. The maximum atomic E-state index is 12.3. The summed E-state index contributed by atoms with van der Waals surface area (Å²) < 4.78 is 0. The highest BCUT2D eigenvalue weighted by Crippen LogP contribution is 2.14. The Balaban J connectivity index is 1.42. The molecular weight excluding hydrogens is 350 g/mol. The number of hydrogen-bond donors (Lipinski definition) is 1. The van der Waals surface area contributed by atoms with Crippen LogP contribution in [0.5, 0.6) is 0 Å². The summed E-state index contributed by atoms with van der Waals surface area (Å²) in [7, 11) is 0. The van der Waals surface area contributed by atoms with Crippen molar-refractivity contribution in [2.45, 2.75) is 70.9 Å². The molecule has 0 unspecified atom stereocenters. The van der Waals surface area contributed by atoms with E-state index in [2.05, 4.69) is 34.5 Å². The van der Waals surface area contributed by atoms with Crippen LogP contribution in [0, 0.1) is 0 Å². The lowest BCUT2D eigenvalue weighted by Gasteiger charge is -2.24. The second kappa shape index (κ2) is 11.2. The van der Waals surface area contributed by atoms with E-state index in [9.17, 15) is 9.59 Å². The Hall–Kier alpha value is -1.88. The summed E-state index contributed by atoms with van der Waals surface area (Å²) in [6.07, 6.45) is 10.1. The molecule has 0 atom stereocenters. The smallest absolute Gasteiger partial charge is 0.239 e. The summed E-state index contributed by atoms with van der Waals surface area (Å²) >= 11 is 0. The van der Waals surface area contributed by atoms with E-state index < -0.39 is 0 Å². The average molecular weight is 386 g/mol. The van der Waals surface area contributed by atoms with Crippen molar-refractivity contribution >= 4 is 11.8 Å². The Morgan fingerprint density at radius 1 is 0.821 bits per heavy atom. The predicted molar refractivity (Wildman–Crippen MR) is 112 cm³/mol. The zero-order valence-corrected chi connectivity index (χ0v) is 17.1. The molecule has 0 radical (unpaired) electrons. The highest BCUT2D eigenvalue weighted by Gasteiger charge is 2.18. The van der Waals surface area contributed by atoms with Crippen molar-refractivity contribution in [2.75, 3.05) is 26.2 Å². The summed E-state index contributed by atoms with van der Waals surface area (Å²) in [5, 5.41) is 2.97. The molecule has 3 rings (SSSR count). The predicted octanol–water partition coefficient (Wildman–Crippen LogP) is 3.47. The molecule has 2 amide bonds. The lowest BCUT2D eigenvalue weighted by molar-refractivity contribution is -0.136. The van der Waals surface area contributed by atoms with Crippen molar-refractivity contribution in [3.8, 4) is 0 Å². The molecule has 1 aromatic carbocycles. The first kappa shape index (κ1) is 20.8. The monoisotopic (exact) mass is 385 g/mol. The zero-order valence-electron chi connectivity index (χ0n) is 17.1. The van der Waals surface area contributed by atoms with Gasteiger partial charge in [0.25, 0.3) is 0 Å². The number of nitrogens with zero attached hydrogens (tertiary/aromatic N) is 2. The lowest BCUT2D eigenvalue weighted by atomic mass is 10.1. The molecule has 2 fully saturated rings. The molecule has 2 heterocycles. The van der Waals surface area contributed by atoms with Crippen molar-refractivity contribution < 1.29 is 9.59 Å². The van der Waals surface area contributed by atoms with E-state index in [1.54, 1.807) is 4.90 Å². The first-order valence-electron chi connectivity index (χ1n) is 11.1. The van der Waals surface area contributed by atoms with Crippen molar-refractivity contribution in [3.63, 3.8) is 0 Å². The molecule has 0 aliphatic carbocycles. The third-order valence-electron chi connectivity index (χ3n) is 5.87. The Morgan fingerprint density at radius 2 is 1.43 bits per heavy atom. The molecule has 1 aromatic rings. The number of rotatable bonds is 6. The zero-order chi connectivity index (χ0) is 19.6. The summed E-state index contributed by atoms with van der Waals surface area (Å²) in [5.74, 6) is 0.0512. The van der Waals surface area contributed by atoms with Crippen LogP contribution in [0.15, 0.2) is 24.3 Å². The van der Waals surface area contributed by atoms with E-state index in [0.29, 0.717) is 19.5 Å². The molecule has 0 aromatic heterocycles. The van der Waals surface area contributed by atoms with Crippen LogP contribution in [-0.2, 0) is 22.7 Å². The van der Waals surface area contributed by atoms with Gasteiger partial charge in [-0.2, -0.15) is 0 Å². The fraction of sp³-hybridized carbons (Fsp3) is 0.652. The van der Waals surface area contributed by atoms with Crippen LogP contribution in [0.1, 0.15) is 68.9 Å². The van der Waals surface area contributed by atoms with Crippen LogP contribution in [0.25, 0.3) is 0 Å². The lowest BCUT2D eigenvalue weighted by Crippen LogP contribution is -2.41. The Kier molecular flexibility index (Phi) is 8.34. The van der Waals surface area contributed by atoms with Crippen LogP contribution >= 0.6 is 0 Å². The number of benzene rings is 1. The van der Waals surface area contributed by atoms with Crippen molar-refractivity contribution in [1.82, 2.24) is 15.1 Å². The normalized spacial score (nSPS) is 19.6. The minimum Gasteiger partial charge on any atom is -0.350 e. The van der Waals surface area contributed by atoms with Crippen molar-refractivity contribution in [2.24, 2.45) is 0 Å². The molecule has 0 bridgehead atoms. The highest BCUT2D eigenvalue weighted by atomic mass is 16.2. The second-order valence-corrected chi connectivity index (χ2v) is 8.26. The van der Waals surface area contributed by atoms with E-state index in [1.165, 1.54) is 44.3 Å². The van der Waals surface area contributed by atoms with Gasteiger partial charge in [-0.25, -0.2) is 0 Å². The van der Waals surface area contributed by atoms with Crippen LogP contribution in [0.2, 0.25) is 0 Å². The molecule has 154 valence electrons. The van der Waals surface area contributed by atoms with Gasteiger partial charge in [0.15, 0.2) is 0 Å². The first-order valence-corrected chi connectivity index (χ1v) is 11.1. The Bertz CT molecular complexity index is 621. The van der Waals surface area contributed by atoms with E-state index >= 15 is 0 Å². The molecule has 0 spiro atoms. The maximum Gasteiger partial charge on any atom is 0.239 e. The first-order chi connectivity index (χ1) is 13.7. The average Bonchev–Trinajstić information content (AvgIpc) is 2.96. The second-order valence-electron chi connectivity index (χ2n) is 8.26. The van der Waals surface area contributed by atoms with Crippen molar-refractivity contribution in [3.05, 3.63) is 35.4 Å². The minimum atomic E-state index is -0.0671. The number of amides is 2. The highest BCUT2D eigenvalue weighted by molar-refractivity contribution is 5.84. The summed E-state index contributed by atoms with van der Waals surface area (Å²) in [4.78, 5) is 28.7. The van der Waals surface area contributed by atoms with Gasteiger partial charge >= 0.3 is 0 Å². The van der Waals surface area contributed by atoms with Crippen LogP contribution < -0.4 is 5.32 Å². The molecule has 1 N–H and O–H groups in total. The standard InChI is InChI=1S/C23H35N3O2/c27-22(19-26-16-8-2-1-5-9-23(26)28)24-17-20-10-12-21(13-11-20)18-25-14-6-3-4-7-15-25/h10-13H,1-9,14-19H2,(H,24,27). The molecule has 5 heteroatoms. The van der Waals surface area contributed by atoms with Crippen LogP contribution in [0.3, 0.4) is 0 Å². The molecular formula is C23H35N3O2. The van der Waals surface area contributed by atoms with Gasteiger partial charge in [-0.05, 0) is 49.9 Å². The van der Waals surface area contributed by atoms with Gasteiger partial charge < -0.3 is 10.2 Å². The van der Waals surface area contributed by atoms with Gasteiger partial charge in [-0.15, -0.1) is 0 Å². The minimum absolute atomic E-state index is 0.0671. The summed E-state index contributed by atoms with van der Waals surface area (Å²) in [5.41, 5.74) is 2.44. The molecule has 2 aliphatic rings. The number of nitrogens with one attached hydrogen (secondary N) is 1. The maximum absolute atomic E-state index is 12.3. The Morgan fingerprint density at radius 3 is 2.14 bits per heavy atom. The van der Waals surface area contributed by atoms with Gasteiger partial charge in [0, 0.05) is 26.1 Å². The quantitative estimate of drug-likeness (QED) is 0.816. The topological polar surface area (TPSA) is 52.7 Å². The molecule has 28 heavy (non-hydrogen) atoms. The fourth-order valence-corrected chi connectivity index (χ4v) is 4.13. The Labute approximate surface area is 169 Å². The van der Waals surface area contributed by atoms with Gasteiger partial charge in [-0.1, -0.05) is 49.9 Å². The summed E-state index contributed by atoms with van der Waals surface area (Å²) in [6.45, 7) is 4.83. The molecule has 0 saturated carbocycles. The molecule has 2 aliphatic heterocycles. The number of carbonyl (C=O) groups excluding carboxylic acids is 2. The number of hydrogen-bond acceptors (Lipinski definition) is 3. The van der Waals surface area contributed by atoms with E-state index in [1.807, 2.05) is 0 Å². The van der Waals surface area contributed by atoms with Gasteiger partial charge in [0.2, 0.25) is 11.8 Å². The number of carbonyl (C=O) groups is 2. The third-order valence-corrected chi connectivity index (χ3v) is 5.87. The molecule has 2 saturated heterocycles. The molecule has 5 nitrogen and oxygen atoms in total. The van der Waals surface area contributed by atoms with Crippen LogP contribution in [-0.4, -0.2) is 47.8 Å². The van der Waals surface area contributed by atoms with Crippen LogP contribution in [0.4, 0.5) is 0 Å². The third kappa shape index (κ3) is 6.93. The van der Waals surface area contributed by atoms with E-state index in [0.717, 1.165) is 37.8 Å². The largest absolute Gasteiger partial charge is 0.350 e. The SMILES string of the molecule is O=C(CN1CCCCCCC1=O)NCc1ccc(CN2CCCCCC2)cc1. The van der Waals surface area contributed by atoms with E-state index in [4.69, 9.17) is 0 Å². The number of likely N-dealkylation sites (tertiary alicyclic amines) is 2. The van der Waals surface area contributed by atoms with Gasteiger partial charge in [0.05, 0.1) is 6.54 Å². The summed E-state index contributed by atoms with van der Waals surface area (Å²) in [6, 6.07) is 8.56.